The number of nitro benzene ring substituents is 1. The lowest BCUT2D eigenvalue weighted by Gasteiger charge is -2.36. The lowest BCUT2D eigenvalue weighted by Crippen LogP contribution is -2.52. The largest absolute Gasteiger partial charge is 0.368 e. The van der Waals surface area contributed by atoms with E-state index in [1.165, 1.54) is 24.3 Å². The van der Waals surface area contributed by atoms with Crippen molar-refractivity contribution in [3.63, 3.8) is 0 Å². The summed E-state index contributed by atoms with van der Waals surface area (Å²) >= 11 is 0. The number of hydrogen-bond donors (Lipinski definition) is 1. The predicted octanol–water partition coefficient (Wildman–Crippen LogP) is 2.81. The van der Waals surface area contributed by atoms with Crippen molar-refractivity contribution >= 4 is 17.4 Å². The number of nitrogens with one attached hydrogen (secondary N) is 1. The van der Waals surface area contributed by atoms with Crippen molar-refractivity contribution in [3.05, 3.63) is 70.0 Å². The predicted molar refractivity (Wildman–Crippen MR) is 100 cm³/mol. The molecule has 0 radical (unpaired) electrons. The summed E-state index contributed by atoms with van der Waals surface area (Å²) in [5.41, 5.74) is 1.82. The molecule has 2 aromatic carbocycles. The Morgan fingerprint density at radius 3 is 2.44 bits per heavy atom. The van der Waals surface area contributed by atoms with Crippen molar-refractivity contribution in [2.75, 3.05) is 37.6 Å². The molecule has 0 bridgehead atoms. The first kappa shape index (κ1) is 18.6. The molecule has 2 aromatic rings. The highest BCUT2D eigenvalue weighted by Gasteiger charge is 2.21. The van der Waals surface area contributed by atoms with Crippen LogP contribution in [0.25, 0.3) is 0 Å². The fraction of sp³-hybridized carbons (Fsp3) is 0.316. The Kier molecular flexibility index (Phi) is 5.85. The molecular weight excluding hydrogens is 351 g/mol. The van der Waals surface area contributed by atoms with Gasteiger partial charge < -0.3 is 15.1 Å². The van der Waals surface area contributed by atoms with Crippen LogP contribution in [-0.4, -0.2) is 48.6 Å². The maximum Gasteiger partial charge on any atom is 0.317 e. The van der Waals surface area contributed by atoms with Gasteiger partial charge in [-0.15, -0.1) is 0 Å². The van der Waals surface area contributed by atoms with Gasteiger partial charge in [-0.05, 0) is 36.2 Å². The van der Waals surface area contributed by atoms with Crippen LogP contribution >= 0.6 is 0 Å². The van der Waals surface area contributed by atoms with Crippen LogP contribution in [0.2, 0.25) is 0 Å². The van der Waals surface area contributed by atoms with Crippen molar-refractivity contribution in [1.29, 1.82) is 0 Å². The van der Waals surface area contributed by atoms with Crippen LogP contribution in [0.15, 0.2) is 48.5 Å². The van der Waals surface area contributed by atoms with Gasteiger partial charge in [0.25, 0.3) is 5.69 Å². The highest BCUT2D eigenvalue weighted by Crippen LogP contribution is 2.20. The second-order valence-electron chi connectivity index (χ2n) is 6.36. The zero-order valence-electron chi connectivity index (χ0n) is 14.8. The van der Waals surface area contributed by atoms with E-state index in [1.54, 1.807) is 23.1 Å². The monoisotopic (exact) mass is 372 g/mol. The Hall–Kier alpha value is -3.16. The van der Waals surface area contributed by atoms with Crippen molar-refractivity contribution in [2.45, 2.75) is 6.42 Å². The van der Waals surface area contributed by atoms with E-state index in [1.807, 2.05) is 6.07 Å². The lowest BCUT2D eigenvalue weighted by molar-refractivity contribution is -0.384. The molecule has 7 nitrogen and oxygen atoms in total. The maximum absolute atomic E-state index is 13.1. The molecule has 1 aliphatic heterocycles. The third-order valence-corrected chi connectivity index (χ3v) is 4.57. The summed E-state index contributed by atoms with van der Waals surface area (Å²) in [7, 11) is 0. The van der Waals surface area contributed by atoms with Crippen molar-refractivity contribution in [3.8, 4) is 0 Å². The SMILES string of the molecule is O=C(NCCc1cccc(F)c1)N1CCN(c2ccc([N+](=O)[O-])cc2)CC1. The third kappa shape index (κ3) is 4.93. The van der Waals surface area contributed by atoms with Gasteiger partial charge >= 0.3 is 6.03 Å². The molecule has 0 saturated carbocycles. The second kappa shape index (κ2) is 8.48. The third-order valence-electron chi connectivity index (χ3n) is 4.57. The first-order valence-corrected chi connectivity index (χ1v) is 8.79. The highest BCUT2D eigenvalue weighted by atomic mass is 19.1. The number of anilines is 1. The summed E-state index contributed by atoms with van der Waals surface area (Å²) in [6, 6.07) is 12.7. The van der Waals surface area contributed by atoms with E-state index >= 15 is 0 Å². The van der Waals surface area contributed by atoms with E-state index in [0.717, 1.165) is 11.3 Å². The number of amides is 2. The molecule has 0 aromatic heterocycles. The Morgan fingerprint density at radius 1 is 1.11 bits per heavy atom. The van der Waals surface area contributed by atoms with E-state index in [2.05, 4.69) is 10.2 Å². The maximum atomic E-state index is 13.1. The number of hydrogen-bond acceptors (Lipinski definition) is 4. The quantitative estimate of drug-likeness (QED) is 0.647. The van der Waals surface area contributed by atoms with Crippen LogP contribution in [0.5, 0.6) is 0 Å². The zero-order valence-corrected chi connectivity index (χ0v) is 14.8. The number of benzene rings is 2. The van der Waals surface area contributed by atoms with Crippen molar-refractivity contribution in [2.24, 2.45) is 0 Å². The van der Waals surface area contributed by atoms with Gasteiger partial charge in [0, 0.05) is 50.5 Å². The zero-order chi connectivity index (χ0) is 19.2. The molecule has 1 saturated heterocycles. The first-order valence-electron chi connectivity index (χ1n) is 8.79. The Balaban J connectivity index is 1.44. The van der Waals surface area contributed by atoms with E-state index < -0.39 is 4.92 Å². The summed E-state index contributed by atoms with van der Waals surface area (Å²) in [5, 5.41) is 13.6. The molecule has 1 aliphatic rings. The highest BCUT2D eigenvalue weighted by molar-refractivity contribution is 5.74. The fourth-order valence-electron chi connectivity index (χ4n) is 3.07. The molecule has 142 valence electrons. The number of piperazine rings is 1. The average molecular weight is 372 g/mol. The Morgan fingerprint density at radius 2 is 1.81 bits per heavy atom. The Labute approximate surface area is 156 Å². The van der Waals surface area contributed by atoms with Gasteiger partial charge in [-0.25, -0.2) is 9.18 Å². The van der Waals surface area contributed by atoms with Crippen LogP contribution in [0.1, 0.15) is 5.56 Å². The van der Waals surface area contributed by atoms with Gasteiger partial charge in [-0.3, -0.25) is 10.1 Å². The molecule has 0 unspecified atom stereocenters. The van der Waals surface area contributed by atoms with Crippen molar-refractivity contribution in [1.82, 2.24) is 10.2 Å². The summed E-state index contributed by atoms with van der Waals surface area (Å²) in [5.74, 6) is -0.277. The summed E-state index contributed by atoms with van der Waals surface area (Å²) in [6.07, 6.45) is 0.576. The smallest absolute Gasteiger partial charge is 0.317 e. The molecule has 2 amide bonds. The number of urea groups is 1. The summed E-state index contributed by atoms with van der Waals surface area (Å²) in [6.45, 7) is 2.92. The molecule has 27 heavy (non-hydrogen) atoms. The topological polar surface area (TPSA) is 78.7 Å². The van der Waals surface area contributed by atoms with Crippen LogP contribution in [0.4, 0.5) is 20.6 Å². The number of nitro groups is 1. The number of halogens is 1. The van der Waals surface area contributed by atoms with Crippen LogP contribution in [0, 0.1) is 15.9 Å². The molecule has 1 N–H and O–H groups in total. The molecule has 1 heterocycles. The van der Waals surface area contributed by atoms with E-state index in [0.29, 0.717) is 39.1 Å². The van der Waals surface area contributed by atoms with Gasteiger partial charge in [0.2, 0.25) is 0 Å². The lowest BCUT2D eigenvalue weighted by atomic mass is 10.1. The van der Waals surface area contributed by atoms with Crippen molar-refractivity contribution < 1.29 is 14.1 Å². The standard InChI is InChI=1S/C19H21FN4O3/c20-16-3-1-2-15(14-16)8-9-21-19(25)23-12-10-22(11-13-23)17-4-6-18(7-5-17)24(26)27/h1-7,14H,8-13H2,(H,21,25). The minimum absolute atomic E-state index is 0.0649. The number of nitrogens with zero attached hydrogens (tertiary/aromatic N) is 3. The van der Waals surface area contributed by atoms with E-state index in [-0.39, 0.29) is 17.5 Å². The van der Waals surface area contributed by atoms with Gasteiger partial charge in [-0.1, -0.05) is 12.1 Å². The van der Waals surface area contributed by atoms with Crippen LogP contribution in [-0.2, 0) is 6.42 Å². The molecule has 0 aliphatic carbocycles. The average Bonchev–Trinajstić information content (AvgIpc) is 2.68. The molecule has 8 heteroatoms. The minimum atomic E-state index is -0.421. The van der Waals surface area contributed by atoms with Gasteiger partial charge in [0.15, 0.2) is 0 Å². The molecule has 0 spiro atoms. The fourth-order valence-corrected chi connectivity index (χ4v) is 3.07. The van der Waals surface area contributed by atoms with Gasteiger partial charge in [0.1, 0.15) is 5.82 Å². The number of non-ortho nitro benzene ring substituents is 1. The van der Waals surface area contributed by atoms with Gasteiger partial charge in [0.05, 0.1) is 4.92 Å². The minimum Gasteiger partial charge on any atom is -0.368 e. The first-order chi connectivity index (χ1) is 13.0. The van der Waals surface area contributed by atoms with Crippen LogP contribution in [0.3, 0.4) is 0 Å². The number of carbonyl (C=O) groups excluding carboxylic acids is 1. The molecule has 0 atom stereocenters. The number of rotatable bonds is 5. The molecule has 3 rings (SSSR count). The van der Waals surface area contributed by atoms with Crippen LogP contribution < -0.4 is 10.2 Å². The van der Waals surface area contributed by atoms with E-state index in [9.17, 15) is 19.3 Å². The van der Waals surface area contributed by atoms with Gasteiger partial charge in [-0.2, -0.15) is 0 Å². The molecular formula is C19H21FN4O3. The summed E-state index contributed by atoms with van der Waals surface area (Å²) < 4.78 is 13.1. The normalized spacial score (nSPS) is 14.1. The second-order valence-corrected chi connectivity index (χ2v) is 6.36. The Bertz CT molecular complexity index is 805. The summed E-state index contributed by atoms with van der Waals surface area (Å²) in [4.78, 5) is 26.4. The molecule has 1 fully saturated rings. The number of carbonyl (C=O) groups is 1. The van der Waals surface area contributed by atoms with E-state index in [4.69, 9.17) is 0 Å².